The molecule has 0 aromatic heterocycles. The molecule has 3 rings (SSSR count). The van der Waals surface area contributed by atoms with E-state index >= 15 is 0 Å². The molecule has 0 aliphatic rings. The van der Waals surface area contributed by atoms with Crippen LogP contribution in [0.2, 0.25) is 10.0 Å². The molecule has 0 aliphatic carbocycles. The van der Waals surface area contributed by atoms with Gasteiger partial charge in [-0.05, 0) is 30.3 Å². The predicted octanol–water partition coefficient (Wildman–Crippen LogP) is 5.09. The zero-order chi connectivity index (χ0) is 16.6. The summed E-state index contributed by atoms with van der Waals surface area (Å²) in [7, 11) is -3.90. The SMILES string of the molecule is O=S(=O)(Nc1ccc(Cl)c2ccccc12)c1ccc(F)c(Cl)c1. The number of halogens is 3. The largest absolute Gasteiger partial charge is 0.279 e. The van der Waals surface area contributed by atoms with Crippen molar-refractivity contribution in [1.82, 2.24) is 0 Å². The highest BCUT2D eigenvalue weighted by Gasteiger charge is 2.17. The number of sulfonamides is 1. The van der Waals surface area contributed by atoms with Crippen molar-refractivity contribution in [3.8, 4) is 0 Å². The molecule has 0 radical (unpaired) electrons. The molecule has 3 nitrogen and oxygen atoms in total. The Bertz CT molecular complexity index is 1010. The number of hydrogen-bond donors (Lipinski definition) is 1. The highest BCUT2D eigenvalue weighted by Crippen LogP contribution is 2.31. The summed E-state index contributed by atoms with van der Waals surface area (Å²) in [5.41, 5.74) is 0.380. The van der Waals surface area contributed by atoms with E-state index in [-0.39, 0.29) is 9.92 Å². The third-order valence-corrected chi connectivity index (χ3v) is 5.30. The second kappa shape index (κ2) is 6.00. The van der Waals surface area contributed by atoms with Gasteiger partial charge in [0.25, 0.3) is 10.0 Å². The van der Waals surface area contributed by atoms with E-state index in [1.807, 2.05) is 6.07 Å². The monoisotopic (exact) mass is 369 g/mol. The molecule has 7 heteroatoms. The van der Waals surface area contributed by atoms with Crippen LogP contribution in [-0.4, -0.2) is 8.42 Å². The zero-order valence-corrected chi connectivity index (χ0v) is 13.9. The fourth-order valence-corrected chi connectivity index (χ4v) is 3.78. The molecule has 0 heterocycles. The molecular weight excluding hydrogens is 360 g/mol. The molecule has 0 aliphatic heterocycles. The second-order valence-corrected chi connectivity index (χ2v) is 7.32. The summed E-state index contributed by atoms with van der Waals surface area (Å²) in [5.74, 6) is -0.678. The molecule has 0 fully saturated rings. The van der Waals surface area contributed by atoms with Gasteiger partial charge in [-0.15, -0.1) is 0 Å². The first-order chi connectivity index (χ1) is 10.9. The number of benzene rings is 3. The first kappa shape index (κ1) is 16.1. The van der Waals surface area contributed by atoms with E-state index in [2.05, 4.69) is 4.72 Å². The van der Waals surface area contributed by atoms with Gasteiger partial charge in [0.2, 0.25) is 0 Å². The molecule has 3 aromatic rings. The van der Waals surface area contributed by atoms with Crippen LogP contribution >= 0.6 is 23.2 Å². The third-order valence-electron chi connectivity index (χ3n) is 3.32. The highest BCUT2D eigenvalue weighted by molar-refractivity contribution is 7.92. The fraction of sp³-hybridized carbons (Fsp3) is 0. The molecule has 0 atom stereocenters. The molecule has 0 bridgehead atoms. The van der Waals surface area contributed by atoms with Crippen molar-refractivity contribution in [2.75, 3.05) is 4.72 Å². The maximum atomic E-state index is 13.2. The zero-order valence-electron chi connectivity index (χ0n) is 11.6. The van der Waals surface area contributed by atoms with Crippen molar-refractivity contribution in [3.63, 3.8) is 0 Å². The highest BCUT2D eigenvalue weighted by atomic mass is 35.5. The van der Waals surface area contributed by atoms with Gasteiger partial charge in [-0.1, -0.05) is 47.5 Å². The van der Waals surface area contributed by atoms with Gasteiger partial charge in [0, 0.05) is 15.8 Å². The Labute approximate surface area is 142 Å². The maximum absolute atomic E-state index is 13.2. The molecule has 0 saturated heterocycles. The minimum atomic E-state index is -3.90. The van der Waals surface area contributed by atoms with E-state index in [1.165, 1.54) is 0 Å². The third kappa shape index (κ3) is 3.13. The lowest BCUT2D eigenvalue weighted by atomic mass is 10.1. The summed E-state index contributed by atoms with van der Waals surface area (Å²) in [4.78, 5) is -0.122. The summed E-state index contributed by atoms with van der Waals surface area (Å²) in [6, 6.07) is 13.6. The van der Waals surface area contributed by atoms with E-state index in [0.717, 1.165) is 23.6 Å². The van der Waals surface area contributed by atoms with E-state index in [9.17, 15) is 12.8 Å². The lowest BCUT2D eigenvalue weighted by Gasteiger charge is -2.12. The average Bonchev–Trinajstić information content (AvgIpc) is 2.53. The smallest absolute Gasteiger partial charge is 0.261 e. The normalized spacial score (nSPS) is 11.6. The first-order valence-electron chi connectivity index (χ1n) is 6.53. The Morgan fingerprint density at radius 2 is 1.57 bits per heavy atom. The average molecular weight is 370 g/mol. The van der Waals surface area contributed by atoms with E-state index in [0.29, 0.717) is 16.1 Å². The van der Waals surface area contributed by atoms with Crippen molar-refractivity contribution >= 4 is 49.7 Å². The number of anilines is 1. The van der Waals surface area contributed by atoms with Gasteiger partial charge in [0.05, 0.1) is 15.6 Å². The van der Waals surface area contributed by atoms with Gasteiger partial charge >= 0.3 is 0 Å². The van der Waals surface area contributed by atoms with Crippen LogP contribution in [0.1, 0.15) is 0 Å². The van der Waals surface area contributed by atoms with Gasteiger partial charge in [0.15, 0.2) is 0 Å². The number of rotatable bonds is 3. The summed E-state index contributed by atoms with van der Waals surface area (Å²) >= 11 is 11.8. The van der Waals surface area contributed by atoms with Crippen molar-refractivity contribution in [2.24, 2.45) is 0 Å². The minimum Gasteiger partial charge on any atom is -0.279 e. The lowest BCUT2D eigenvalue weighted by Crippen LogP contribution is -2.13. The number of fused-ring (bicyclic) bond motifs is 1. The van der Waals surface area contributed by atoms with Gasteiger partial charge in [-0.25, -0.2) is 12.8 Å². The van der Waals surface area contributed by atoms with Crippen LogP contribution in [-0.2, 0) is 10.0 Å². The van der Waals surface area contributed by atoms with Gasteiger partial charge in [-0.3, -0.25) is 4.72 Å². The van der Waals surface area contributed by atoms with Crippen LogP contribution in [0, 0.1) is 5.82 Å². The molecule has 1 N–H and O–H groups in total. The van der Waals surface area contributed by atoms with Crippen LogP contribution in [0.5, 0.6) is 0 Å². The Kier molecular flexibility index (Phi) is 4.19. The molecule has 0 unspecified atom stereocenters. The molecule has 0 spiro atoms. The van der Waals surface area contributed by atoms with Crippen molar-refractivity contribution < 1.29 is 12.8 Å². The second-order valence-electron chi connectivity index (χ2n) is 4.82. The molecule has 3 aromatic carbocycles. The quantitative estimate of drug-likeness (QED) is 0.698. The summed E-state index contributed by atoms with van der Waals surface area (Å²) < 4.78 is 40.6. The molecule has 0 saturated carbocycles. The van der Waals surface area contributed by atoms with Crippen LogP contribution in [0.25, 0.3) is 10.8 Å². The number of nitrogens with one attached hydrogen (secondary N) is 1. The molecule has 0 amide bonds. The van der Waals surface area contributed by atoms with Crippen molar-refractivity contribution in [3.05, 3.63) is 70.5 Å². The summed E-state index contributed by atoms with van der Waals surface area (Å²) in [6.45, 7) is 0. The van der Waals surface area contributed by atoms with Crippen LogP contribution in [0.15, 0.2) is 59.5 Å². The Balaban J connectivity index is 2.07. The maximum Gasteiger partial charge on any atom is 0.261 e. The summed E-state index contributed by atoms with van der Waals surface area (Å²) in [6.07, 6.45) is 0. The van der Waals surface area contributed by atoms with Crippen molar-refractivity contribution in [2.45, 2.75) is 4.90 Å². The Hall–Kier alpha value is -1.82. The van der Waals surface area contributed by atoms with Crippen molar-refractivity contribution in [1.29, 1.82) is 0 Å². The molecule has 118 valence electrons. The van der Waals surface area contributed by atoms with Crippen LogP contribution < -0.4 is 4.72 Å². The van der Waals surface area contributed by atoms with E-state index in [1.54, 1.807) is 30.3 Å². The number of hydrogen-bond acceptors (Lipinski definition) is 2. The first-order valence-corrected chi connectivity index (χ1v) is 8.77. The van der Waals surface area contributed by atoms with Gasteiger partial charge < -0.3 is 0 Å². The summed E-state index contributed by atoms with van der Waals surface area (Å²) in [5, 5.41) is 1.66. The Morgan fingerprint density at radius 3 is 2.26 bits per heavy atom. The van der Waals surface area contributed by atoms with E-state index < -0.39 is 15.8 Å². The Morgan fingerprint density at radius 1 is 0.870 bits per heavy atom. The van der Waals surface area contributed by atoms with Crippen LogP contribution in [0.3, 0.4) is 0 Å². The van der Waals surface area contributed by atoms with Gasteiger partial charge in [-0.2, -0.15) is 0 Å². The standard InChI is InChI=1S/C16H10Cl2FNO2S/c17-13-6-8-16(12-4-2-1-3-11(12)13)20-23(21,22)10-5-7-15(19)14(18)9-10/h1-9,20H. The fourth-order valence-electron chi connectivity index (χ4n) is 2.20. The molecule has 23 heavy (non-hydrogen) atoms. The van der Waals surface area contributed by atoms with Crippen LogP contribution in [0.4, 0.5) is 10.1 Å². The molecular formula is C16H10Cl2FNO2S. The predicted molar refractivity (Wildman–Crippen MR) is 91.2 cm³/mol. The minimum absolute atomic E-state index is 0.122. The van der Waals surface area contributed by atoms with Gasteiger partial charge in [0.1, 0.15) is 5.82 Å². The topological polar surface area (TPSA) is 46.2 Å². The lowest BCUT2D eigenvalue weighted by molar-refractivity contribution is 0.600. The van der Waals surface area contributed by atoms with E-state index in [4.69, 9.17) is 23.2 Å².